The van der Waals surface area contributed by atoms with Crippen LogP contribution in [0.15, 0.2) is 51.3 Å². The zero-order valence-corrected chi connectivity index (χ0v) is 9.07. The molecule has 2 aromatic rings. The number of aromatic nitrogens is 1. The van der Waals surface area contributed by atoms with E-state index in [1.807, 2.05) is 24.3 Å². The van der Waals surface area contributed by atoms with E-state index >= 15 is 0 Å². The van der Waals surface area contributed by atoms with E-state index in [1.54, 1.807) is 19.4 Å². The maximum atomic E-state index is 9.33. The third-order valence-corrected chi connectivity index (χ3v) is 2.86. The van der Waals surface area contributed by atoms with Crippen molar-refractivity contribution in [1.29, 1.82) is 0 Å². The fourth-order valence-corrected chi connectivity index (χ4v) is 1.87. The van der Waals surface area contributed by atoms with Crippen molar-refractivity contribution in [3.63, 3.8) is 0 Å². The molecule has 1 aromatic heterocycles. The van der Waals surface area contributed by atoms with E-state index in [0.717, 1.165) is 10.5 Å². The number of hydrogen-bond donors (Lipinski definition) is 1. The SMILES string of the molecule is C[C@@H](O)c1ccc(Sc2ncco2)cc1. The first-order chi connectivity index (χ1) is 7.25. The smallest absolute Gasteiger partial charge is 0.260 e. The molecule has 0 radical (unpaired) electrons. The van der Waals surface area contributed by atoms with Gasteiger partial charge in [0.15, 0.2) is 0 Å². The highest BCUT2D eigenvalue weighted by Crippen LogP contribution is 2.26. The van der Waals surface area contributed by atoms with Crippen LogP contribution < -0.4 is 0 Å². The first-order valence-electron chi connectivity index (χ1n) is 4.61. The molecule has 0 aliphatic rings. The predicted molar refractivity (Wildman–Crippen MR) is 57.7 cm³/mol. The van der Waals surface area contributed by atoms with Crippen molar-refractivity contribution in [2.45, 2.75) is 23.1 Å². The number of oxazole rings is 1. The molecule has 1 heterocycles. The minimum absolute atomic E-state index is 0.425. The molecule has 78 valence electrons. The Hall–Kier alpha value is -1.26. The van der Waals surface area contributed by atoms with Gasteiger partial charge in [0.1, 0.15) is 6.26 Å². The highest BCUT2D eigenvalue weighted by Gasteiger charge is 2.03. The lowest BCUT2D eigenvalue weighted by Crippen LogP contribution is -1.89. The third-order valence-electron chi connectivity index (χ3n) is 1.98. The van der Waals surface area contributed by atoms with Gasteiger partial charge in [-0.25, -0.2) is 4.98 Å². The van der Waals surface area contributed by atoms with Gasteiger partial charge in [0.2, 0.25) is 0 Å². The monoisotopic (exact) mass is 221 g/mol. The highest BCUT2D eigenvalue weighted by atomic mass is 32.2. The van der Waals surface area contributed by atoms with E-state index in [-0.39, 0.29) is 0 Å². The van der Waals surface area contributed by atoms with E-state index in [9.17, 15) is 5.11 Å². The van der Waals surface area contributed by atoms with Crippen molar-refractivity contribution < 1.29 is 9.52 Å². The van der Waals surface area contributed by atoms with Crippen LogP contribution in [0.4, 0.5) is 0 Å². The Morgan fingerprint density at radius 3 is 2.60 bits per heavy atom. The second-order valence-corrected chi connectivity index (χ2v) is 4.17. The normalized spacial score (nSPS) is 12.7. The van der Waals surface area contributed by atoms with E-state index in [0.29, 0.717) is 5.22 Å². The van der Waals surface area contributed by atoms with Gasteiger partial charge in [-0.05, 0) is 36.4 Å². The van der Waals surface area contributed by atoms with Gasteiger partial charge in [0.05, 0.1) is 12.3 Å². The number of hydrogen-bond acceptors (Lipinski definition) is 4. The molecule has 1 atom stereocenters. The van der Waals surface area contributed by atoms with Crippen LogP contribution in [0.3, 0.4) is 0 Å². The second kappa shape index (κ2) is 4.51. The Balaban J connectivity index is 2.11. The Kier molecular flexibility index (Phi) is 3.08. The van der Waals surface area contributed by atoms with Crippen molar-refractivity contribution in [3.8, 4) is 0 Å². The molecule has 3 nitrogen and oxygen atoms in total. The molecule has 0 fully saturated rings. The molecule has 0 unspecified atom stereocenters. The summed E-state index contributed by atoms with van der Waals surface area (Å²) in [7, 11) is 0. The molecular formula is C11H11NO2S. The summed E-state index contributed by atoms with van der Waals surface area (Å²) in [6, 6.07) is 7.68. The Labute approximate surface area is 92.1 Å². The Morgan fingerprint density at radius 1 is 1.33 bits per heavy atom. The van der Waals surface area contributed by atoms with Crippen molar-refractivity contribution in [2.75, 3.05) is 0 Å². The van der Waals surface area contributed by atoms with Gasteiger partial charge in [-0.15, -0.1) is 0 Å². The molecule has 0 aliphatic heterocycles. The topological polar surface area (TPSA) is 46.3 Å². The predicted octanol–water partition coefficient (Wildman–Crippen LogP) is 2.88. The summed E-state index contributed by atoms with van der Waals surface area (Å²) in [6.07, 6.45) is 2.74. The molecule has 15 heavy (non-hydrogen) atoms. The molecular weight excluding hydrogens is 210 g/mol. The molecule has 0 saturated heterocycles. The van der Waals surface area contributed by atoms with Gasteiger partial charge in [-0.2, -0.15) is 0 Å². The van der Waals surface area contributed by atoms with E-state index in [4.69, 9.17) is 4.42 Å². The first-order valence-corrected chi connectivity index (χ1v) is 5.43. The van der Waals surface area contributed by atoms with Crippen LogP contribution in [0.1, 0.15) is 18.6 Å². The van der Waals surface area contributed by atoms with E-state index in [2.05, 4.69) is 4.98 Å². The Bertz CT molecular complexity index is 409. The highest BCUT2D eigenvalue weighted by molar-refractivity contribution is 7.99. The van der Waals surface area contributed by atoms with Gasteiger partial charge in [-0.1, -0.05) is 12.1 Å². The summed E-state index contributed by atoms with van der Waals surface area (Å²) in [6.45, 7) is 1.75. The molecule has 0 saturated carbocycles. The summed E-state index contributed by atoms with van der Waals surface area (Å²) < 4.78 is 5.12. The molecule has 0 bridgehead atoms. The first kappa shape index (κ1) is 10.3. The van der Waals surface area contributed by atoms with Crippen molar-refractivity contribution in [1.82, 2.24) is 4.98 Å². The number of benzene rings is 1. The lowest BCUT2D eigenvalue weighted by Gasteiger charge is -2.04. The lowest BCUT2D eigenvalue weighted by atomic mass is 10.1. The summed E-state index contributed by atoms with van der Waals surface area (Å²) in [5.41, 5.74) is 0.909. The largest absolute Gasteiger partial charge is 0.440 e. The average Bonchev–Trinajstić information content (AvgIpc) is 2.71. The van der Waals surface area contributed by atoms with Crippen LogP contribution in [0.5, 0.6) is 0 Å². The molecule has 0 spiro atoms. The van der Waals surface area contributed by atoms with Crippen molar-refractivity contribution >= 4 is 11.8 Å². The molecule has 1 N–H and O–H groups in total. The second-order valence-electron chi connectivity index (χ2n) is 3.15. The Morgan fingerprint density at radius 2 is 2.07 bits per heavy atom. The fraction of sp³-hybridized carbons (Fsp3) is 0.182. The van der Waals surface area contributed by atoms with Gasteiger partial charge >= 0.3 is 0 Å². The molecule has 4 heteroatoms. The zero-order chi connectivity index (χ0) is 10.7. The van der Waals surface area contributed by atoms with Crippen LogP contribution in [-0.2, 0) is 0 Å². The lowest BCUT2D eigenvalue weighted by molar-refractivity contribution is 0.199. The van der Waals surface area contributed by atoms with E-state index in [1.165, 1.54) is 11.8 Å². The molecule has 0 amide bonds. The van der Waals surface area contributed by atoms with Crippen molar-refractivity contribution in [2.24, 2.45) is 0 Å². The van der Waals surface area contributed by atoms with Gasteiger partial charge in [-0.3, -0.25) is 0 Å². The maximum Gasteiger partial charge on any atom is 0.260 e. The quantitative estimate of drug-likeness (QED) is 0.865. The molecule has 0 aliphatic carbocycles. The van der Waals surface area contributed by atoms with Gasteiger partial charge in [0, 0.05) is 4.90 Å². The van der Waals surface area contributed by atoms with E-state index < -0.39 is 6.10 Å². The zero-order valence-electron chi connectivity index (χ0n) is 8.25. The minimum atomic E-state index is -0.425. The minimum Gasteiger partial charge on any atom is -0.440 e. The van der Waals surface area contributed by atoms with Crippen LogP contribution in [0.2, 0.25) is 0 Å². The van der Waals surface area contributed by atoms with Crippen LogP contribution in [0, 0.1) is 0 Å². The van der Waals surface area contributed by atoms with Gasteiger partial charge < -0.3 is 9.52 Å². The fourth-order valence-electron chi connectivity index (χ4n) is 1.18. The molecule has 1 aromatic carbocycles. The number of aliphatic hydroxyl groups is 1. The average molecular weight is 221 g/mol. The van der Waals surface area contributed by atoms with Crippen LogP contribution >= 0.6 is 11.8 Å². The summed E-state index contributed by atoms with van der Waals surface area (Å²) in [5, 5.41) is 9.96. The molecule has 2 rings (SSSR count). The summed E-state index contributed by atoms with van der Waals surface area (Å²) >= 11 is 1.46. The standard InChI is InChI=1S/C11H11NO2S/c1-8(13)9-2-4-10(5-3-9)15-11-12-6-7-14-11/h2-8,13H,1H3/t8-/m1/s1. The van der Waals surface area contributed by atoms with Crippen LogP contribution in [-0.4, -0.2) is 10.1 Å². The summed E-state index contributed by atoms with van der Waals surface area (Å²) in [4.78, 5) is 5.06. The van der Waals surface area contributed by atoms with Gasteiger partial charge in [0.25, 0.3) is 5.22 Å². The number of aliphatic hydroxyl groups excluding tert-OH is 1. The summed E-state index contributed by atoms with van der Waals surface area (Å²) in [5.74, 6) is 0. The number of rotatable bonds is 3. The van der Waals surface area contributed by atoms with Crippen molar-refractivity contribution in [3.05, 3.63) is 42.3 Å². The number of nitrogens with zero attached hydrogens (tertiary/aromatic N) is 1. The van der Waals surface area contributed by atoms with Crippen LogP contribution in [0.25, 0.3) is 0 Å². The maximum absolute atomic E-state index is 9.33. The third kappa shape index (κ3) is 2.61.